The Hall–Kier alpha value is -1.63. The van der Waals surface area contributed by atoms with Gasteiger partial charge in [0.15, 0.2) is 0 Å². The lowest BCUT2D eigenvalue weighted by Crippen LogP contribution is -2.43. The summed E-state index contributed by atoms with van der Waals surface area (Å²) in [6.07, 6.45) is 0.174. The maximum atomic E-state index is 12.2. The van der Waals surface area contributed by atoms with Gasteiger partial charge in [-0.3, -0.25) is 14.4 Å². The van der Waals surface area contributed by atoms with Crippen molar-refractivity contribution in [2.75, 3.05) is 47.3 Å². The van der Waals surface area contributed by atoms with Gasteiger partial charge in [-0.15, -0.1) is 0 Å². The van der Waals surface area contributed by atoms with Gasteiger partial charge >= 0.3 is 5.97 Å². The van der Waals surface area contributed by atoms with E-state index in [1.165, 1.54) is 9.80 Å². The minimum atomic E-state index is -1.04. The van der Waals surface area contributed by atoms with E-state index in [1.54, 1.807) is 7.05 Å². The van der Waals surface area contributed by atoms with Crippen molar-refractivity contribution in [3.05, 3.63) is 0 Å². The topological polar surface area (TPSA) is 81.2 Å². The highest BCUT2D eigenvalue weighted by atomic mass is 16.4. The van der Waals surface area contributed by atoms with Crippen molar-refractivity contribution in [3.8, 4) is 0 Å². The lowest BCUT2D eigenvalue weighted by atomic mass is 10.1. The van der Waals surface area contributed by atoms with Crippen molar-refractivity contribution < 1.29 is 19.5 Å². The van der Waals surface area contributed by atoms with Crippen molar-refractivity contribution in [2.45, 2.75) is 6.42 Å². The van der Waals surface area contributed by atoms with E-state index in [9.17, 15) is 14.4 Å². The number of carboxylic acids is 1. The zero-order valence-corrected chi connectivity index (χ0v) is 11.6. The van der Waals surface area contributed by atoms with Gasteiger partial charge in [-0.25, -0.2) is 0 Å². The number of amides is 2. The Kier molecular flexibility index (Phi) is 5.29. The van der Waals surface area contributed by atoms with Crippen LogP contribution in [0, 0.1) is 5.92 Å². The van der Waals surface area contributed by atoms with Gasteiger partial charge in [0.2, 0.25) is 11.8 Å². The first-order valence-electron chi connectivity index (χ1n) is 6.20. The number of aliphatic carboxylic acids is 1. The molecule has 1 atom stereocenters. The minimum Gasteiger partial charge on any atom is -0.480 e. The summed E-state index contributed by atoms with van der Waals surface area (Å²) in [7, 11) is 5.36. The number of rotatable bonds is 6. The summed E-state index contributed by atoms with van der Waals surface area (Å²) >= 11 is 0. The number of likely N-dealkylation sites (tertiary alicyclic amines) is 1. The molecule has 0 aromatic heterocycles. The summed E-state index contributed by atoms with van der Waals surface area (Å²) in [6.45, 7) is 0.999. The van der Waals surface area contributed by atoms with Crippen molar-refractivity contribution >= 4 is 17.8 Å². The molecule has 1 rings (SSSR count). The van der Waals surface area contributed by atoms with E-state index in [1.807, 2.05) is 19.0 Å². The fourth-order valence-corrected chi connectivity index (χ4v) is 2.04. The largest absolute Gasteiger partial charge is 0.480 e. The van der Waals surface area contributed by atoms with Crippen LogP contribution < -0.4 is 0 Å². The summed E-state index contributed by atoms with van der Waals surface area (Å²) in [5, 5.41) is 8.86. The average molecular weight is 271 g/mol. The lowest BCUT2D eigenvalue weighted by molar-refractivity contribution is -0.146. The number of hydrogen-bond acceptors (Lipinski definition) is 4. The summed E-state index contributed by atoms with van der Waals surface area (Å²) in [4.78, 5) is 39.2. The normalized spacial score (nSPS) is 19.1. The zero-order chi connectivity index (χ0) is 14.6. The van der Waals surface area contributed by atoms with E-state index in [4.69, 9.17) is 5.11 Å². The number of likely N-dealkylation sites (N-methyl/N-ethyl adjacent to an activating group) is 1. The van der Waals surface area contributed by atoms with Gasteiger partial charge in [0.1, 0.15) is 6.54 Å². The third-order valence-electron chi connectivity index (χ3n) is 3.15. The molecule has 1 aliphatic heterocycles. The molecule has 108 valence electrons. The van der Waals surface area contributed by atoms with Gasteiger partial charge < -0.3 is 19.8 Å². The zero-order valence-electron chi connectivity index (χ0n) is 11.6. The number of carbonyl (C=O) groups excluding carboxylic acids is 2. The number of carbonyl (C=O) groups is 3. The molecule has 0 aromatic rings. The average Bonchev–Trinajstić information content (AvgIpc) is 2.63. The lowest BCUT2D eigenvalue weighted by Gasteiger charge is -2.25. The van der Waals surface area contributed by atoms with E-state index in [0.29, 0.717) is 19.6 Å². The van der Waals surface area contributed by atoms with Crippen LogP contribution in [0.2, 0.25) is 0 Å². The molecule has 0 bridgehead atoms. The standard InChI is InChI=1S/C12H21N3O4/c1-13(2)4-5-15(8-11(17)18)12(19)9-6-10(16)14(3)7-9/h9H,4-8H2,1-3H3,(H,17,18). The molecule has 7 heteroatoms. The van der Waals surface area contributed by atoms with Gasteiger partial charge in [-0.1, -0.05) is 0 Å². The Bertz CT molecular complexity index is 370. The molecular formula is C12H21N3O4. The van der Waals surface area contributed by atoms with Gasteiger partial charge in [-0.05, 0) is 14.1 Å². The van der Waals surface area contributed by atoms with Crippen molar-refractivity contribution in [1.29, 1.82) is 0 Å². The number of hydrogen-bond donors (Lipinski definition) is 1. The second-order valence-corrected chi connectivity index (χ2v) is 5.13. The van der Waals surface area contributed by atoms with Gasteiger partial charge in [0.25, 0.3) is 0 Å². The highest BCUT2D eigenvalue weighted by molar-refractivity contribution is 5.90. The van der Waals surface area contributed by atoms with Crippen LogP contribution in [-0.4, -0.2) is 84.9 Å². The van der Waals surface area contributed by atoms with E-state index in [2.05, 4.69) is 0 Å². The Morgan fingerprint density at radius 3 is 2.42 bits per heavy atom. The molecule has 2 amide bonds. The molecule has 1 aliphatic rings. The summed E-state index contributed by atoms with van der Waals surface area (Å²) < 4.78 is 0. The Morgan fingerprint density at radius 1 is 1.37 bits per heavy atom. The quantitative estimate of drug-likeness (QED) is 0.666. The van der Waals surface area contributed by atoms with Crippen LogP contribution in [0.1, 0.15) is 6.42 Å². The van der Waals surface area contributed by atoms with Crippen LogP contribution in [0.4, 0.5) is 0 Å². The SMILES string of the molecule is CN(C)CCN(CC(=O)O)C(=O)C1CC(=O)N(C)C1. The monoisotopic (exact) mass is 271 g/mol. The van der Waals surface area contributed by atoms with Crippen molar-refractivity contribution in [3.63, 3.8) is 0 Å². The fourth-order valence-electron chi connectivity index (χ4n) is 2.04. The van der Waals surface area contributed by atoms with Gasteiger partial charge in [-0.2, -0.15) is 0 Å². The highest BCUT2D eigenvalue weighted by Crippen LogP contribution is 2.18. The first kappa shape index (κ1) is 15.4. The van der Waals surface area contributed by atoms with E-state index >= 15 is 0 Å². The molecule has 0 spiro atoms. The Morgan fingerprint density at radius 2 is 2.00 bits per heavy atom. The molecule has 1 N–H and O–H groups in total. The maximum Gasteiger partial charge on any atom is 0.323 e. The maximum absolute atomic E-state index is 12.2. The molecule has 1 unspecified atom stereocenters. The molecule has 19 heavy (non-hydrogen) atoms. The molecule has 1 heterocycles. The van der Waals surface area contributed by atoms with Crippen LogP contribution in [0.5, 0.6) is 0 Å². The van der Waals surface area contributed by atoms with Crippen LogP contribution in [0.25, 0.3) is 0 Å². The predicted octanol–water partition coefficient (Wildman–Crippen LogP) is -1.06. The molecule has 1 fully saturated rings. The van der Waals surface area contributed by atoms with E-state index in [-0.39, 0.29) is 24.8 Å². The fraction of sp³-hybridized carbons (Fsp3) is 0.750. The van der Waals surface area contributed by atoms with E-state index in [0.717, 1.165) is 0 Å². The molecule has 0 aliphatic carbocycles. The Balaban J connectivity index is 2.65. The summed E-state index contributed by atoms with van der Waals surface area (Å²) in [5.41, 5.74) is 0. The number of nitrogens with zero attached hydrogens (tertiary/aromatic N) is 3. The number of carboxylic acid groups (broad SMARTS) is 1. The van der Waals surface area contributed by atoms with Gasteiger partial charge in [0, 0.05) is 33.1 Å². The van der Waals surface area contributed by atoms with Crippen LogP contribution in [-0.2, 0) is 14.4 Å². The molecule has 0 aromatic carbocycles. The first-order valence-corrected chi connectivity index (χ1v) is 6.20. The summed E-state index contributed by atoms with van der Waals surface area (Å²) in [6, 6.07) is 0. The van der Waals surface area contributed by atoms with Gasteiger partial charge in [0.05, 0.1) is 5.92 Å². The van der Waals surface area contributed by atoms with E-state index < -0.39 is 11.9 Å². The summed E-state index contributed by atoms with van der Waals surface area (Å²) in [5.74, 6) is -1.77. The van der Waals surface area contributed by atoms with Crippen LogP contribution in [0.15, 0.2) is 0 Å². The molecule has 1 saturated heterocycles. The predicted molar refractivity (Wildman–Crippen MR) is 68.5 cm³/mol. The third-order valence-corrected chi connectivity index (χ3v) is 3.15. The smallest absolute Gasteiger partial charge is 0.323 e. The second kappa shape index (κ2) is 6.51. The van der Waals surface area contributed by atoms with Crippen LogP contribution >= 0.6 is 0 Å². The molecule has 0 saturated carbocycles. The molecule has 7 nitrogen and oxygen atoms in total. The minimum absolute atomic E-state index is 0.0683. The van der Waals surface area contributed by atoms with Crippen molar-refractivity contribution in [1.82, 2.24) is 14.7 Å². The molecular weight excluding hydrogens is 250 g/mol. The van der Waals surface area contributed by atoms with Crippen LogP contribution in [0.3, 0.4) is 0 Å². The second-order valence-electron chi connectivity index (χ2n) is 5.13. The third kappa shape index (κ3) is 4.51. The Labute approximate surface area is 112 Å². The highest BCUT2D eigenvalue weighted by Gasteiger charge is 2.35. The van der Waals surface area contributed by atoms with Crippen molar-refractivity contribution in [2.24, 2.45) is 5.92 Å². The molecule has 0 radical (unpaired) electrons. The first-order chi connectivity index (χ1) is 8.81.